The quantitative estimate of drug-likeness (QED) is 0.628. The lowest BCUT2D eigenvalue weighted by molar-refractivity contribution is -0.131. The van der Waals surface area contributed by atoms with Gasteiger partial charge in [-0.1, -0.05) is 6.07 Å². The highest BCUT2D eigenvalue weighted by Gasteiger charge is 2.23. The van der Waals surface area contributed by atoms with Gasteiger partial charge in [0, 0.05) is 19.6 Å². The minimum Gasteiger partial charge on any atom is -0.452 e. The lowest BCUT2D eigenvalue weighted by atomic mass is 10.1. The van der Waals surface area contributed by atoms with Crippen LogP contribution in [0.15, 0.2) is 29.2 Å². The van der Waals surface area contributed by atoms with E-state index < -0.39 is 34.0 Å². The van der Waals surface area contributed by atoms with Crippen LogP contribution in [0.25, 0.3) is 0 Å². The highest BCUT2D eigenvalue weighted by Crippen LogP contribution is 2.15. The van der Waals surface area contributed by atoms with Gasteiger partial charge in [-0.2, -0.15) is 0 Å². The molecule has 27 heavy (non-hydrogen) atoms. The van der Waals surface area contributed by atoms with Gasteiger partial charge in [0.25, 0.3) is 5.91 Å². The fraction of sp³-hybridized carbons (Fsp3) is 0.471. The number of ether oxygens (including phenoxy) is 1. The third kappa shape index (κ3) is 7.75. The molecule has 1 aromatic carbocycles. The Kier molecular flexibility index (Phi) is 7.49. The van der Waals surface area contributed by atoms with E-state index in [9.17, 15) is 22.8 Å². The van der Waals surface area contributed by atoms with E-state index in [1.165, 1.54) is 29.2 Å². The van der Waals surface area contributed by atoms with Crippen LogP contribution in [0, 0.1) is 0 Å². The molecule has 2 N–H and O–H groups in total. The third-order valence-corrected chi connectivity index (χ3v) is 4.85. The Bertz CT molecular complexity index is 812. The average molecular weight is 399 g/mol. The molecule has 1 aromatic rings. The summed E-state index contributed by atoms with van der Waals surface area (Å²) in [4.78, 5) is 36.3. The fourth-order valence-electron chi connectivity index (χ4n) is 1.85. The first-order valence-electron chi connectivity index (χ1n) is 8.10. The van der Waals surface area contributed by atoms with E-state index in [-0.39, 0.29) is 22.9 Å². The van der Waals surface area contributed by atoms with Crippen LogP contribution in [0.2, 0.25) is 0 Å². The van der Waals surface area contributed by atoms with E-state index >= 15 is 0 Å². The van der Waals surface area contributed by atoms with Crippen molar-refractivity contribution < 1.29 is 27.5 Å². The first-order chi connectivity index (χ1) is 12.3. The van der Waals surface area contributed by atoms with Gasteiger partial charge in [-0.25, -0.2) is 17.9 Å². The van der Waals surface area contributed by atoms with Crippen LogP contribution in [0.5, 0.6) is 0 Å². The second-order valence-corrected chi connectivity index (χ2v) is 8.71. The third-order valence-electron chi connectivity index (χ3n) is 3.09. The largest absolute Gasteiger partial charge is 0.452 e. The average Bonchev–Trinajstić information content (AvgIpc) is 2.55. The maximum atomic E-state index is 12.3. The monoisotopic (exact) mass is 399 g/mol. The Balaban J connectivity index is 2.72. The molecule has 0 radical (unpaired) electrons. The minimum atomic E-state index is -3.81. The molecule has 0 aliphatic rings. The van der Waals surface area contributed by atoms with Gasteiger partial charge in [-0.3, -0.25) is 9.59 Å². The highest BCUT2D eigenvalue weighted by atomic mass is 32.2. The van der Waals surface area contributed by atoms with Crippen LogP contribution in [0.4, 0.5) is 0 Å². The maximum absolute atomic E-state index is 12.3. The number of sulfonamides is 1. The predicted octanol–water partition coefficient (Wildman–Crippen LogP) is 0.125. The zero-order chi connectivity index (χ0) is 20.8. The van der Waals surface area contributed by atoms with Crippen molar-refractivity contribution in [1.29, 1.82) is 0 Å². The molecule has 0 saturated carbocycles. The van der Waals surface area contributed by atoms with Crippen LogP contribution < -0.4 is 10.0 Å². The molecule has 1 rings (SSSR count). The van der Waals surface area contributed by atoms with Crippen molar-refractivity contribution in [3.8, 4) is 0 Å². The van der Waals surface area contributed by atoms with Crippen molar-refractivity contribution in [2.45, 2.75) is 31.2 Å². The van der Waals surface area contributed by atoms with Crippen LogP contribution in [-0.4, -0.2) is 63.9 Å². The van der Waals surface area contributed by atoms with Gasteiger partial charge in [0.05, 0.1) is 17.0 Å². The topological polar surface area (TPSA) is 122 Å². The van der Waals surface area contributed by atoms with Crippen LogP contribution in [0.3, 0.4) is 0 Å². The number of rotatable bonds is 7. The fourth-order valence-corrected chi connectivity index (χ4v) is 3.31. The predicted molar refractivity (Wildman–Crippen MR) is 98.5 cm³/mol. The molecule has 0 aromatic heterocycles. The number of amides is 2. The molecule has 0 unspecified atom stereocenters. The first kappa shape index (κ1) is 22.6. The molecule has 0 spiro atoms. The molecule has 0 heterocycles. The van der Waals surface area contributed by atoms with Crippen molar-refractivity contribution in [2.24, 2.45) is 0 Å². The smallest absolute Gasteiger partial charge is 0.338 e. The number of hydrogen-bond acceptors (Lipinski definition) is 6. The molecule has 0 fully saturated rings. The number of likely N-dealkylation sites (N-methyl/N-ethyl adjacent to an activating group) is 1. The number of carbonyl (C=O) groups is 3. The number of hydrogen-bond donors (Lipinski definition) is 2. The van der Waals surface area contributed by atoms with Crippen molar-refractivity contribution in [1.82, 2.24) is 14.9 Å². The summed E-state index contributed by atoms with van der Waals surface area (Å²) >= 11 is 0. The number of nitrogens with zero attached hydrogens (tertiary/aromatic N) is 1. The van der Waals surface area contributed by atoms with Crippen molar-refractivity contribution in [3.05, 3.63) is 29.8 Å². The summed E-state index contributed by atoms with van der Waals surface area (Å²) in [6.45, 7) is 4.29. The lowest BCUT2D eigenvalue weighted by Crippen LogP contribution is -2.40. The van der Waals surface area contributed by atoms with Crippen molar-refractivity contribution in [2.75, 3.05) is 27.2 Å². The van der Waals surface area contributed by atoms with E-state index in [2.05, 4.69) is 10.0 Å². The Morgan fingerprint density at radius 3 is 2.33 bits per heavy atom. The van der Waals surface area contributed by atoms with Gasteiger partial charge in [0.15, 0.2) is 6.61 Å². The molecule has 0 aliphatic heterocycles. The molecule has 150 valence electrons. The van der Waals surface area contributed by atoms with Gasteiger partial charge in [-0.15, -0.1) is 0 Å². The molecule has 0 saturated heterocycles. The van der Waals surface area contributed by atoms with E-state index in [1.807, 2.05) is 0 Å². The molecule has 10 heteroatoms. The van der Waals surface area contributed by atoms with Crippen molar-refractivity contribution in [3.63, 3.8) is 0 Å². The summed E-state index contributed by atoms with van der Waals surface area (Å²) in [5.41, 5.74) is -0.693. The lowest BCUT2D eigenvalue weighted by Gasteiger charge is -2.20. The molecule has 9 nitrogen and oxygen atoms in total. The summed E-state index contributed by atoms with van der Waals surface area (Å²) in [5.74, 6) is -1.80. The Morgan fingerprint density at radius 2 is 1.78 bits per heavy atom. The summed E-state index contributed by atoms with van der Waals surface area (Å²) in [6, 6.07) is 5.31. The van der Waals surface area contributed by atoms with Gasteiger partial charge in [0.2, 0.25) is 15.9 Å². The Morgan fingerprint density at radius 1 is 1.15 bits per heavy atom. The summed E-state index contributed by atoms with van der Waals surface area (Å²) in [5, 5.41) is 2.32. The molecular formula is C17H25N3O6S. The standard InChI is InChI=1S/C17H25N3O6S/c1-17(2,3)19-27(24,25)13-8-6-7-12(9-13)16(23)26-11-14(21)18-10-15(22)20(4)5/h6-9,19H,10-11H2,1-5H3,(H,18,21). The molecule has 0 aliphatic carbocycles. The van der Waals surface area contributed by atoms with Crippen molar-refractivity contribution >= 4 is 27.8 Å². The zero-order valence-electron chi connectivity index (χ0n) is 16.0. The van der Waals surface area contributed by atoms with Crippen LogP contribution in [0.1, 0.15) is 31.1 Å². The minimum absolute atomic E-state index is 0.0102. The molecule has 0 bridgehead atoms. The maximum Gasteiger partial charge on any atom is 0.338 e. The molecular weight excluding hydrogens is 374 g/mol. The number of benzene rings is 1. The normalized spacial score (nSPS) is 11.6. The van der Waals surface area contributed by atoms with Crippen LogP contribution >= 0.6 is 0 Å². The van der Waals surface area contributed by atoms with E-state index in [4.69, 9.17) is 4.74 Å². The van der Waals surface area contributed by atoms with Gasteiger partial charge < -0.3 is 15.0 Å². The summed E-state index contributed by atoms with van der Waals surface area (Å²) < 4.78 is 32.0. The summed E-state index contributed by atoms with van der Waals surface area (Å²) in [7, 11) is -0.719. The number of esters is 1. The number of carbonyl (C=O) groups excluding carboxylic acids is 3. The van der Waals surface area contributed by atoms with E-state index in [0.29, 0.717) is 0 Å². The van der Waals surface area contributed by atoms with E-state index in [0.717, 1.165) is 0 Å². The highest BCUT2D eigenvalue weighted by molar-refractivity contribution is 7.89. The Labute approximate surface area is 159 Å². The molecule has 0 atom stereocenters. The second-order valence-electron chi connectivity index (χ2n) is 7.02. The first-order valence-corrected chi connectivity index (χ1v) is 9.58. The SMILES string of the molecule is CN(C)C(=O)CNC(=O)COC(=O)c1cccc(S(=O)(=O)NC(C)(C)C)c1. The van der Waals surface area contributed by atoms with E-state index in [1.54, 1.807) is 34.9 Å². The Hall–Kier alpha value is -2.46. The zero-order valence-corrected chi connectivity index (χ0v) is 16.8. The van der Waals surface area contributed by atoms with Gasteiger partial charge >= 0.3 is 5.97 Å². The number of nitrogens with one attached hydrogen (secondary N) is 2. The van der Waals surface area contributed by atoms with Gasteiger partial charge in [0.1, 0.15) is 0 Å². The molecule has 2 amide bonds. The van der Waals surface area contributed by atoms with Crippen LogP contribution in [-0.2, 0) is 24.3 Å². The summed E-state index contributed by atoms with van der Waals surface area (Å²) in [6.07, 6.45) is 0. The van der Waals surface area contributed by atoms with Gasteiger partial charge in [-0.05, 0) is 39.0 Å². The second kappa shape index (κ2) is 8.96.